The largest absolute Gasteiger partial charge is 0.310 e. The highest BCUT2D eigenvalue weighted by Crippen LogP contribution is 2.28. The van der Waals surface area contributed by atoms with Crippen LogP contribution in [0.3, 0.4) is 0 Å². The van der Waals surface area contributed by atoms with Crippen molar-refractivity contribution in [2.24, 2.45) is 0 Å². The molecule has 0 amide bonds. The van der Waals surface area contributed by atoms with Crippen LogP contribution in [0.4, 0.5) is 0 Å². The first kappa shape index (κ1) is 16.0. The van der Waals surface area contributed by atoms with Crippen molar-refractivity contribution in [3.05, 3.63) is 67.7 Å². The van der Waals surface area contributed by atoms with Gasteiger partial charge in [-0.25, -0.2) is 0 Å². The summed E-state index contributed by atoms with van der Waals surface area (Å²) in [6.07, 6.45) is 2.20. The van der Waals surface area contributed by atoms with E-state index in [-0.39, 0.29) is 0 Å². The minimum Gasteiger partial charge on any atom is -0.310 e. The summed E-state index contributed by atoms with van der Waals surface area (Å²) in [7, 11) is 0. The molecule has 0 heterocycles. The SMILES string of the molecule is CCNC(CCc1ccccc1)c1cc(I)ccc1Br. The van der Waals surface area contributed by atoms with Crippen LogP contribution in [-0.2, 0) is 6.42 Å². The third-order valence-corrected chi connectivity index (χ3v) is 4.74. The number of nitrogens with one attached hydrogen (secondary N) is 1. The van der Waals surface area contributed by atoms with Crippen LogP contribution in [0.5, 0.6) is 0 Å². The van der Waals surface area contributed by atoms with Crippen molar-refractivity contribution in [3.8, 4) is 0 Å². The van der Waals surface area contributed by atoms with E-state index in [1.165, 1.54) is 19.2 Å². The Hall–Kier alpha value is -0.390. The molecule has 0 saturated heterocycles. The maximum Gasteiger partial charge on any atom is 0.0334 e. The second-order valence-electron chi connectivity index (χ2n) is 4.80. The summed E-state index contributed by atoms with van der Waals surface area (Å²) in [6, 6.07) is 17.6. The molecule has 0 bridgehead atoms. The minimum atomic E-state index is 0.393. The summed E-state index contributed by atoms with van der Waals surface area (Å²) >= 11 is 6.06. The molecule has 2 rings (SSSR count). The fraction of sp³-hybridized carbons (Fsp3) is 0.294. The average molecular weight is 444 g/mol. The molecule has 1 atom stereocenters. The highest BCUT2D eigenvalue weighted by atomic mass is 127. The highest BCUT2D eigenvalue weighted by Gasteiger charge is 2.14. The quantitative estimate of drug-likeness (QED) is 0.594. The van der Waals surface area contributed by atoms with Crippen molar-refractivity contribution < 1.29 is 0 Å². The number of rotatable bonds is 6. The normalized spacial score (nSPS) is 12.3. The highest BCUT2D eigenvalue weighted by molar-refractivity contribution is 14.1. The molecule has 0 fully saturated rings. The fourth-order valence-electron chi connectivity index (χ4n) is 2.35. The maximum atomic E-state index is 3.68. The summed E-state index contributed by atoms with van der Waals surface area (Å²) in [5, 5.41) is 3.60. The van der Waals surface area contributed by atoms with Crippen molar-refractivity contribution in [3.63, 3.8) is 0 Å². The number of hydrogen-bond donors (Lipinski definition) is 1. The third kappa shape index (κ3) is 4.57. The van der Waals surface area contributed by atoms with E-state index in [2.05, 4.69) is 99.3 Å². The van der Waals surface area contributed by atoms with E-state index in [9.17, 15) is 0 Å². The number of hydrogen-bond acceptors (Lipinski definition) is 1. The van der Waals surface area contributed by atoms with Gasteiger partial charge in [0.2, 0.25) is 0 Å². The molecule has 0 spiro atoms. The molecule has 2 aromatic rings. The molecule has 0 aliphatic carbocycles. The predicted molar refractivity (Wildman–Crippen MR) is 98.0 cm³/mol. The molecular formula is C17H19BrIN. The van der Waals surface area contributed by atoms with Gasteiger partial charge in [-0.15, -0.1) is 0 Å². The average Bonchev–Trinajstić information content (AvgIpc) is 2.47. The lowest BCUT2D eigenvalue weighted by molar-refractivity contribution is 0.513. The predicted octanol–water partition coefficient (Wildman–Crippen LogP) is 5.34. The lowest BCUT2D eigenvalue weighted by Crippen LogP contribution is -2.22. The van der Waals surface area contributed by atoms with Crippen molar-refractivity contribution >= 4 is 38.5 Å². The lowest BCUT2D eigenvalue weighted by atomic mass is 9.99. The van der Waals surface area contributed by atoms with E-state index in [1.54, 1.807) is 0 Å². The molecule has 1 nitrogen and oxygen atoms in total. The first-order chi connectivity index (χ1) is 9.70. The summed E-state index contributed by atoms with van der Waals surface area (Å²) in [4.78, 5) is 0. The number of benzene rings is 2. The summed E-state index contributed by atoms with van der Waals surface area (Å²) in [6.45, 7) is 3.15. The molecule has 0 aliphatic rings. The van der Waals surface area contributed by atoms with Crippen LogP contribution >= 0.6 is 38.5 Å². The molecule has 0 aliphatic heterocycles. The molecule has 0 radical (unpaired) electrons. The third-order valence-electron chi connectivity index (χ3n) is 3.35. The van der Waals surface area contributed by atoms with E-state index >= 15 is 0 Å². The molecular weight excluding hydrogens is 425 g/mol. The maximum absolute atomic E-state index is 3.68. The van der Waals surface area contributed by atoms with E-state index in [0.717, 1.165) is 19.4 Å². The Labute approximate surface area is 143 Å². The van der Waals surface area contributed by atoms with Gasteiger partial charge in [0.1, 0.15) is 0 Å². The van der Waals surface area contributed by atoms with E-state index in [1.807, 2.05) is 0 Å². The second-order valence-corrected chi connectivity index (χ2v) is 6.90. The van der Waals surface area contributed by atoms with Crippen molar-refractivity contribution in [1.29, 1.82) is 0 Å². The summed E-state index contributed by atoms with van der Waals surface area (Å²) in [5.74, 6) is 0. The van der Waals surface area contributed by atoms with Crippen LogP contribution in [-0.4, -0.2) is 6.54 Å². The van der Waals surface area contributed by atoms with Crippen LogP contribution in [0.25, 0.3) is 0 Å². The van der Waals surface area contributed by atoms with Gasteiger partial charge in [-0.2, -0.15) is 0 Å². The van der Waals surface area contributed by atoms with Crippen LogP contribution in [0.15, 0.2) is 53.0 Å². The van der Waals surface area contributed by atoms with Crippen molar-refractivity contribution in [2.45, 2.75) is 25.8 Å². The molecule has 20 heavy (non-hydrogen) atoms. The Kier molecular flexibility index (Phi) is 6.52. The van der Waals surface area contributed by atoms with Crippen LogP contribution in [0.1, 0.15) is 30.5 Å². The van der Waals surface area contributed by atoms with Gasteiger partial charge in [0.25, 0.3) is 0 Å². The van der Waals surface area contributed by atoms with Gasteiger partial charge >= 0.3 is 0 Å². The van der Waals surface area contributed by atoms with Crippen molar-refractivity contribution in [1.82, 2.24) is 5.32 Å². The molecule has 0 saturated carbocycles. The second kappa shape index (κ2) is 8.15. The van der Waals surface area contributed by atoms with Crippen LogP contribution < -0.4 is 5.32 Å². The Balaban J connectivity index is 2.12. The molecule has 1 N–H and O–H groups in total. The van der Waals surface area contributed by atoms with Gasteiger partial charge in [-0.1, -0.05) is 53.2 Å². The molecule has 3 heteroatoms. The van der Waals surface area contributed by atoms with Gasteiger partial charge in [0.05, 0.1) is 0 Å². The first-order valence-corrected chi connectivity index (χ1v) is 8.80. The molecule has 0 aromatic heterocycles. The van der Waals surface area contributed by atoms with Crippen LogP contribution in [0, 0.1) is 3.57 Å². The topological polar surface area (TPSA) is 12.0 Å². The standard InChI is InChI=1S/C17H19BrIN/c1-2-20-17(11-8-13-6-4-3-5-7-13)15-12-14(19)9-10-16(15)18/h3-7,9-10,12,17,20H,2,8,11H2,1H3. The van der Waals surface area contributed by atoms with E-state index in [4.69, 9.17) is 0 Å². The van der Waals surface area contributed by atoms with E-state index < -0.39 is 0 Å². The number of halogens is 2. The molecule has 106 valence electrons. The minimum absolute atomic E-state index is 0.393. The zero-order valence-corrected chi connectivity index (χ0v) is 15.3. The van der Waals surface area contributed by atoms with Gasteiger partial charge in [-0.3, -0.25) is 0 Å². The Morgan fingerprint density at radius 2 is 1.90 bits per heavy atom. The summed E-state index contributed by atoms with van der Waals surface area (Å²) < 4.78 is 2.47. The monoisotopic (exact) mass is 443 g/mol. The fourth-order valence-corrected chi connectivity index (χ4v) is 3.39. The summed E-state index contributed by atoms with van der Waals surface area (Å²) in [5.41, 5.74) is 2.76. The van der Waals surface area contributed by atoms with Crippen molar-refractivity contribution in [2.75, 3.05) is 6.54 Å². The van der Waals surface area contributed by atoms with Crippen LogP contribution in [0.2, 0.25) is 0 Å². The zero-order valence-electron chi connectivity index (χ0n) is 11.6. The smallest absolute Gasteiger partial charge is 0.0334 e. The Morgan fingerprint density at radius 1 is 1.15 bits per heavy atom. The van der Waals surface area contributed by atoms with Gasteiger partial charge < -0.3 is 5.32 Å². The lowest BCUT2D eigenvalue weighted by Gasteiger charge is -2.20. The van der Waals surface area contributed by atoms with Gasteiger partial charge in [-0.05, 0) is 71.3 Å². The van der Waals surface area contributed by atoms with Gasteiger partial charge in [0, 0.05) is 14.1 Å². The zero-order chi connectivity index (χ0) is 14.4. The van der Waals surface area contributed by atoms with E-state index in [0.29, 0.717) is 6.04 Å². The van der Waals surface area contributed by atoms with Gasteiger partial charge in [0.15, 0.2) is 0 Å². The Bertz CT molecular complexity index is 542. The Morgan fingerprint density at radius 3 is 2.60 bits per heavy atom. The number of aryl methyl sites for hydroxylation is 1. The first-order valence-electron chi connectivity index (χ1n) is 6.93. The molecule has 2 aromatic carbocycles. The molecule has 1 unspecified atom stereocenters.